The second-order valence-electron chi connectivity index (χ2n) is 5.27. The van der Waals surface area contributed by atoms with Crippen LogP contribution < -0.4 is 10.1 Å². The first kappa shape index (κ1) is 17.0. The highest BCUT2D eigenvalue weighted by atomic mass is 32.2. The van der Waals surface area contributed by atoms with Crippen molar-refractivity contribution in [1.82, 2.24) is 20.2 Å². The molecule has 3 rings (SSSR count). The van der Waals surface area contributed by atoms with E-state index in [9.17, 15) is 4.79 Å². The summed E-state index contributed by atoms with van der Waals surface area (Å²) in [6, 6.07) is 16.8. The molecule has 1 atom stereocenters. The Bertz CT molecular complexity index is 836. The lowest BCUT2D eigenvalue weighted by molar-refractivity contribution is -0.115. The smallest absolute Gasteiger partial charge is 0.237 e. The van der Waals surface area contributed by atoms with Crippen LogP contribution in [-0.2, 0) is 11.8 Å². The number of ether oxygens (including phenoxy) is 1. The van der Waals surface area contributed by atoms with Gasteiger partial charge < -0.3 is 10.1 Å². The normalized spacial score (nSPS) is 11.8. The van der Waals surface area contributed by atoms with E-state index in [4.69, 9.17) is 4.74 Å². The molecule has 0 aliphatic heterocycles. The van der Waals surface area contributed by atoms with Gasteiger partial charge in [-0.3, -0.25) is 4.79 Å². The molecule has 0 radical (unpaired) electrons. The monoisotopic (exact) mass is 355 g/mol. The second kappa shape index (κ2) is 7.80. The molecule has 3 aromatic rings. The summed E-state index contributed by atoms with van der Waals surface area (Å²) in [6.07, 6.45) is 0. The molecular weight excluding hydrogens is 338 g/mol. The molecule has 0 bridgehead atoms. The van der Waals surface area contributed by atoms with E-state index in [1.807, 2.05) is 49.4 Å². The SMILES string of the molecule is C[C@@H](Sc1nnnn1C)C(=O)Nc1ccc(Oc2ccccc2)cc1. The fraction of sp³-hybridized carbons (Fsp3) is 0.176. The van der Waals surface area contributed by atoms with Crippen LogP contribution >= 0.6 is 11.8 Å². The van der Waals surface area contributed by atoms with Crippen LogP contribution in [0.15, 0.2) is 59.8 Å². The number of amides is 1. The minimum absolute atomic E-state index is 0.121. The van der Waals surface area contributed by atoms with Crippen molar-refractivity contribution in [2.75, 3.05) is 5.32 Å². The van der Waals surface area contributed by atoms with E-state index in [0.29, 0.717) is 16.6 Å². The van der Waals surface area contributed by atoms with Gasteiger partial charge in [0, 0.05) is 12.7 Å². The number of para-hydroxylation sites is 1. The minimum Gasteiger partial charge on any atom is -0.457 e. The van der Waals surface area contributed by atoms with Crippen molar-refractivity contribution in [2.45, 2.75) is 17.3 Å². The van der Waals surface area contributed by atoms with Crippen LogP contribution in [0.25, 0.3) is 0 Å². The zero-order valence-corrected chi connectivity index (χ0v) is 14.6. The number of aromatic nitrogens is 4. The Hall–Kier alpha value is -2.87. The Morgan fingerprint density at radius 3 is 2.44 bits per heavy atom. The molecule has 0 spiro atoms. The van der Waals surface area contributed by atoms with Crippen LogP contribution in [0.5, 0.6) is 11.5 Å². The summed E-state index contributed by atoms with van der Waals surface area (Å²) in [5.41, 5.74) is 0.703. The van der Waals surface area contributed by atoms with Crippen LogP contribution in [0, 0.1) is 0 Å². The lowest BCUT2D eigenvalue weighted by atomic mass is 10.3. The zero-order chi connectivity index (χ0) is 17.6. The van der Waals surface area contributed by atoms with Gasteiger partial charge in [0.05, 0.1) is 5.25 Å². The number of nitrogens with one attached hydrogen (secondary N) is 1. The number of aryl methyl sites for hydroxylation is 1. The number of thioether (sulfide) groups is 1. The van der Waals surface area contributed by atoms with Crippen LogP contribution in [0.3, 0.4) is 0 Å². The number of carbonyl (C=O) groups excluding carboxylic acids is 1. The van der Waals surface area contributed by atoms with E-state index >= 15 is 0 Å². The molecule has 7 nitrogen and oxygen atoms in total. The highest BCUT2D eigenvalue weighted by molar-refractivity contribution is 8.00. The van der Waals surface area contributed by atoms with E-state index < -0.39 is 0 Å². The maximum Gasteiger partial charge on any atom is 0.237 e. The number of hydrogen-bond donors (Lipinski definition) is 1. The van der Waals surface area contributed by atoms with E-state index in [1.54, 1.807) is 19.2 Å². The lowest BCUT2D eigenvalue weighted by Crippen LogP contribution is -2.22. The lowest BCUT2D eigenvalue weighted by Gasteiger charge is -2.11. The van der Waals surface area contributed by atoms with Gasteiger partial charge in [0.1, 0.15) is 11.5 Å². The topological polar surface area (TPSA) is 81.9 Å². The van der Waals surface area contributed by atoms with Gasteiger partial charge in [-0.25, -0.2) is 4.68 Å². The van der Waals surface area contributed by atoms with E-state index in [1.165, 1.54) is 16.4 Å². The highest BCUT2D eigenvalue weighted by Crippen LogP contribution is 2.24. The standard InChI is InChI=1S/C17H17N5O2S/c1-12(25-17-19-20-21-22(17)2)16(23)18-13-8-10-15(11-9-13)24-14-6-4-3-5-7-14/h3-12H,1-2H3,(H,18,23)/t12-/m1/s1. The van der Waals surface area contributed by atoms with Crippen molar-refractivity contribution in [2.24, 2.45) is 7.05 Å². The predicted octanol–water partition coefficient (Wildman–Crippen LogP) is 3.12. The van der Waals surface area contributed by atoms with Crippen molar-refractivity contribution >= 4 is 23.4 Å². The third kappa shape index (κ3) is 4.57. The zero-order valence-electron chi connectivity index (χ0n) is 13.8. The van der Waals surface area contributed by atoms with Crippen molar-refractivity contribution in [3.8, 4) is 11.5 Å². The summed E-state index contributed by atoms with van der Waals surface area (Å²) in [4.78, 5) is 12.3. The second-order valence-corrected chi connectivity index (χ2v) is 6.58. The maximum absolute atomic E-state index is 12.3. The van der Waals surface area contributed by atoms with Crippen LogP contribution in [-0.4, -0.2) is 31.4 Å². The summed E-state index contributed by atoms with van der Waals surface area (Å²) < 4.78 is 7.26. The maximum atomic E-state index is 12.3. The summed E-state index contributed by atoms with van der Waals surface area (Å²) in [5, 5.41) is 14.3. The Kier molecular flexibility index (Phi) is 5.30. The van der Waals surface area contributed by atoms with Crippen LogP contribution in [0.1, 0.15) is 6.92 Å². The third-order valence-electron chi connectivity index (χ3n) is 3.33. The van der Waals surface area contributed by atoms with Gasteiger partial charge in [-0.15, -0.1) is 5.10 Å². The number of benzene rings is 2. The molecule has 0 aliphatic rings. The first-order valence-electron chi connectivity index (χ1n) is 7.64. The number of tetrazole rings is 1. The first-order chi connectivity index (χ1) is 12.1. The molecule has 0 saturated carbocycles. The molecule has 1 heterocycles. The van der Waals surface area contributed by atoms with E-state index in [2.05, 4.69) is 20.8 Å². The number of rotatable bonds is 6. The minimum atomic E-state index is -0.329. The summed E-state index contributed by atoms with van der Waals surface area (Å²) in [5.74, 6) is 1.35. The molecule has 0 aliphatic carbocycles. The van der Waals surface area contributed by atoms with Gasteiger partial charge in [-0.05, 0) is 53.7 Å². The molecule has 0 unspecified atom stereocenters. The Balaban J connectivity index is 1.57. The molecule has 8 heteroatoms. The summed E-state index contributed by atoms with van der Waals surface area (Å²) >= 11 is 1.30. The van der Waals surface area contributed by atoms with E-state index in [-0.39, 0.29) is 11.2 Å². The molecule has 128 valence electrons. The molecular formula is C17H17N5O2S. The van der Waals surface area contributed by atoms with Gasteiger partial charge in [0.15, 0.2) is 0 Å². The third-order valence-corrected chi connectivity index (χ3v) is 4.46. The molecule has 2 aromatic carbocycles. The molecule has 1 amide bonds. The number of carbonyl (C=O) groups is 1. The average Bonchev–Trinajstić information content (AvgIpc) is 3.02. The van der Waals surface area contributed by atoms with Crippen molar-refractivity contribution < 1.29 is 9.53 Å². The molecule has 1 N–H and O–H groups in total. The number of anilines is 1. The Morgan fingerprint density at radius 1 is 1.12 bits per heavy atom. The van der Waals surface area contributed by atoms with Gasteiger partial charge in [0.2, 0.25) is 11.1 Å². The molecule has 0 saturated heterocycles. The highest BCUT2D eigenvalue weighted by Gasteiger charge is 2.17. The van der Waals surface area contributed by atoms with Crippen molar-refractivity contribution in [1.29, 1.82) is 0 Å². The fourth-order valence-electron chi connectivity index (χ4n) is 2.01. The van der Waals surface area contributed by atoms with Gasteiger partial charge >= 0.3 is 0 Å². The quantitative estimate of drug-likeness (QED) is 0.684. The number of hydrogen-bond acceptors (Lipinski definition) is 6. The first-order valence-corrected chi connectivity index (χ1v) is 8.52. The predicted molar refractivity (Wildman–Crippen MR) is 95.7 cm³/mol. The molecule has 1 aromatic heterocycles. The number of nitrogens with zero attached hydrogens (tertiary/aromatic N) is 4. The van der Waals surface area contributed by atoms with Gasteiger partial charge in [-0.2, -0.15) is 0 Å². The van der Waals surface area contributed by atoms with Crippen LogP contribution in [0.2, 0.25) is 0 Å². The molecule has 0 fully saturated rings. The molecule has 25 heavy (non-hydrogen) atoms. The summed E-state index contributed by atoms with van der Waals surface area (Å²) in [7, 11) is 1.73. The van der Waals surface area contributed by atoms with Crippen molar-refractivity contribution in [3.05, 3.63) is 54.6 Å². The Labute approximate surface area is 149 Å². The van der Waals surface area contributed by atoms with Crippen molar-refractivity contribution in [3.63, 3.8) is 0 Å². The van der Waals surface area contributed by atoms with E-state index in [0.717, 1.165) is 5.75 Å². The van der Waals surface area contributed by atoms with Gasteiger partial charge in [0.25, 0.3) is 0 Å². The average molecular weight is 355 g/mol. The van der Waals surface area contributed by atoms with Crippen LogP contribution in [0.4, 0.5) is 5.69 Å². The summed E-state index contributed by atoms with van der Waals surface area (Å²) in [6.45, 7) is 1.81. The Morgan fingerprint density at radius 2 is 1.80 bits per heavy atom. The largest absolute Gasteiger partial charge is 0.457 e. The van der Waals surface area contributed by atoms with Gasteiger partial charge in [-0.1, -0.05) is 30.0 Å². The fourth-order valence-corrected chi connectivity index (χ4v) is 2.76.